The zero-order chi connectivity index (χ0) is 23.9. The van der Waals surface area contributed by atoms with Crippen LogP contribution in [0.25, 0.3) is 22.5 Å². The molecule has 1 aliphatic carbocycles. The van der Waals surface area contributed by atoms with Gasteiger partial charge in [0.2, 0.25) is 0 Å². The van der Waals surface area contributed by atoms with Crippen LogP contribution in [-0.4, -0.2) is 9.97 Å². The van der Waals surface area contributed by atoms with E-state index in [9.17, 15) is 0 Å². The highest BCUT2D eigenvalue weighted by molar-refractivity contribution is 5.60. The normalized spacial score (nSPS) is 15.3. The molecule has 2 aromatic heterocycles. The molecule has 0 saturated carbocycles. The van der Waals surface area contributed by atoms with Crippen molar-refractivity contribution >= 4 is 0 Å². The van der Waals surface area contributed by atoms with E-state index in [1.165, 1.54) is 41.7 Å². The predicted molar refractivity (Wildman–Crippen MR) is 143 cm³/mol. The van der Waals surface area contributed by atoms with Crippen molar-refractivity contribution in [2.24, 2.45) is 0 Å². The summed E-state index contributed by atoms with van der Waals surface area (Å²) in [6.07, 6.45) is 3.70. The first-order valence-electron chi connectivity index (χ1n) is 12.2. The number of rotatable bonds is 2. The van der Waals surface area contributed by atoms with Crippen LogP contribution in [-0.2, 0) is 0 Å². The first-order valence-corrected chi connectivity index (χ1v) is 12.2. The van der Waals surface area contributed by atoms with E-state index in [0.717, 1.165) is 22.5 Å². The van der Waals surface area contributed by atoms with Crippen molar-refractivity contribution in [3.63, 3.8) is 0 Å². The summed E-state index contributed by atoms with van der Waals surface area (Å²) < 4.78 is 0. The molecule has 36 heavy (non-hydrogen) atoms. The summed E-state index contributed by atoms with van der Waals surface area (Å²) in [6.45, 7) is 0. The quantitative estimate of drug-likeness (QED) is 0.272. The Bertz CT molecular complexity index is 1980. The minimum atomic E-state index is 0.980. The highest BCUT2D eigenvalue weighted by Gasteiger charge is 2.05. The maximum atomic E-state index is 4.61. The largest absolute Gasteiger partial charge is 0.256 e. The van der Waals surface area contributed by atoms with Crippen LogP contribution in [0.2, 0.25) is 0 Å². The summed E-state index contributed by atoms with van der Waals surface area (Å²) >= 11 is 0. The van der Waals surface area contributed by atoms with Crippen molar-refractivity contribution < 1.29 is 0 Å². The van der Waals surface area contributed by atoms with E-state index >= 15 is 0 Å². The molecular formula is C34H22N2. The van der Waals surface area contributed by atoms with Crippen molar-refractivity contribution in [2.45, 2.75) is 0 Å². The molecule has 2 heterocycles. The molecule has 0 radical (unpaired) electrons. The fraction of sp³-hybridized carbons (Fsp3) is 0. The second-order valence-electron chi connectivity index (χ2n) is 9.04. The molecule has 2 heteroatoms. The van der Waals surface area contributed by atoms with E-state index in [1.807, 2.05) is 36.7 Å². The van der Waals surface area contributed by atoms with Crippen LogP contribution in [0.1, 0.15) is 0 Å². The van der Waals surface area contributed by atoms with Gasteiger partial charge < -0.3 is 0 Å². The average molecular weight is 459 g/mol. The lowest BCUT2D eigenvalue weighted by Gasteiger charge is -2.06. The molecule has 1 aliphatic rings. The van der Waals surface area contributed by atoms with Gasteiger partial charge in [-0.1, -0.05) is 84.9 Å². The van der Waals surface area contributed by atoms with Crippen molar-refractivity contribution in [1.29, 1.82) is 0 Å². The molecule has 0 atom stereocenters. The summed E-state index contributed by atoms with van der Waals surface area (Å²) in [5, 5.41) is 9.82. The zero-order valence-corrected chi connectivity index (χ0v) is 19.6. The van der Waals surface area contributed by atoms with Gasteiger partial charge >= 0.3 is 0 Å². The van der Waals surface area contributed by atoms with Gasteiger partial charge in [-0.3, -0.25) is 9.97 Å². The highest BCUT2D eigenvalue weighted by Crippen LogP contribution is 2.22. The molecule has 0 saturated heterocycles. The van der Waals surface area contributed by atoms with Crippen LogP contribution in [0.3, 0.4) is 0 Å². The van der Waals surface area contributed by atoms with E-state index in [2.05, 4.69) is 107 Å². The first kappa shape index (κ1) is 20.5. The number of aromatic nitrogens is 2. The Morgan fingerprint density at radius 1 is 0.306 bits per heavy atom. The Kier molecular flexibility index (Phi) is 4.82. The summed E-state index contributed by atoms with van der Waals surface area (Å²) in [5.41, 5.74) is 4.20. The molecule has 0 N–H and O–H groups in total. The lowest BCUT2D eigenvalue weighted by atomic mass is 9.98. The van der Waals surface area contributed by atoms with Crippen molar-refractivity contribution in [2.75, 3.05) is 0 Å². The van der Waals surface area contributed by atoms with E-state index in [0.29, 0.717) is 0 Å². The van der Waals surface area contributed by atoms with Gasteiger partial charge in [0.25, 0.3) is 0 Å². The molecule has 0 bridgehead atoms. The summed E-state index contributed by atoms with van der Waals surface area (Å²) in [7, 11) is 0. The van der Waals surface area contributed by atoms with Gasteiger partial charge in [-0.15, -0.1) is 0 Å². The highest BCUT2D eigenvalue weighted by atomic mass is 14.7. The molecule has 0 fully saturated rings. The third-order valence-corrected chi connectivity index (χ3v) is 6.98. The third-order valence-electron chi connectivity index (χ3n) is 6.98. The Morgan fingerprint density at radius 2 is 0.667 bits per heavy atom. The number of hydrogen-bond acceptors (Lipinski definition) is 2. The van der Waals surface area contributed by atoms with E-state index in [4.69, 9.17) is 0 Å². The number of hydrogen-bond donors (Lipinski definition) is 0. The van der Waals surface area contributed by atoms with Gasteiger partial charge in [0, 0.05) is 23.5 Å². The predicted octanol–water partition coefficient (Wildman–Crippen LogP) is 7.27. The van der Waals surface area contributed by atoms with Crippen LogP contribution in [0.15, 0.2) is 134 Å². The molecule has 2 nitrogen and oxygen atoms in total. The van der Waals surface area contributed by atoms with Crippen LogP contribution in [0.4, 0.5) is 0 Å². The second-order valence-corrected chi connectivity index (χ2v) is 9.04. The molecule has 0 spiro atoms. The van der Waals surface area contributed by atoms with Gasteiger partial charge in [0.05, 0.1) is 11.4 Å². The topological polar surface area (TPSA) is 25.8 Å². The fourth-order valence-corrected chi connectivity index (χ4v) is 5.30. The molecular weight excluding hydrogens is 436 g/mol. The summed E-state index contributed by atoms with van der Waals surface area (Å²) in [6, 6.07) is 43.1. The Labute approximate surface area is 207 Å². The van der Waals surface area contributed by atoms with Gasteiger partial charge in [0.15, 0.2) is 0 Å². The summed E-state index contributed by atoms with van der Waals surface area (Å²) in [5.74, 6) is 0. The molecule has 6 aromatic rings. The van der Waals surface area contributed by atoms with E-state index < -0.39 is 0 Å². The number of fused-ring (bicyclic) bond motifs is 4. The van der Waals surface area contributed by atoms with E-state index in [-0.39, 0.29) is 0 Å². The number of benzene rings is 4. The monoisotopic (exact) mass is 458 g/mol. The van der Waals surface area contributed by atoms with Crippen LogP contribution >= 0.6 is 0 Å². The first-order chi connectivity index (χ1) is 17.9. The van der Waals surface area contributed by atoms with Crippen LogP contribution < -0.4 is 0 Å². The molecule has 168 valence electrons. The van der Waals surface area contributed by atoms with Gasteiger partial charge in [-0.05, 0) is 78.1 Å². The lowest BCUT2D eigenvalue weighted by Crippen LogP contribution is -1.92. The summed E-state index contributed by atoms with van der Waals surface area (Å²) in [4.78, 5) is 9.22. The Morgan fingerprint density at radius 3 is 1.06 bits per heavy atom. The van der Waals surface area contributed by atoms with Gasteiger partial charge in [0.1, 0.15) is 0 Å². The smallest absolute Gasteiger partial charge is 0.0702 e. The standard InChI is InChI=1S/C34H22N2/c1-3-11-27-25(9-1)29-17-15-23(33-13-5-7-19-35-33)22-32(29)28-12-4-2-10-26(28)30-18-16-24(21-31(27)30)34-14-6-8-20-36-34/h1-22H/b29-25-,30-26-,31-27-,32-28-. The van der Waals surface area contributed by atoms with Gasteiger partial charge in [-0.2, -0.15) is 0 Å². The maximum Gasteiger partial charge on any atom is 0.0702 e. The Hall–Kier alpha value is -4.82. The number of pyridine rings is 2. The molecule has 0 unspecified atom stereocenters. The lowest BCUT2D eigenvalue weighted by molar-refractivity contribution is 1.27. The second kappa shape index (κ2) is 8.44. The van der Waals surface area contributed by atoms with Gasteiger partial charge in [-0.25, -0.2) is 0 Å². The maximum absolute atomic E-state index is 4.61. The molecule has 4 aromatic carbocycles. The minimum absolute atomic E-state index is 0.980. The van der Waals surface area contributed by atoms with E-state index in [1.54, 1.807) is 0 Å². The van der Waals surface area contributed by atoms with Crippen molar-refractivity contribution in [3.05, 3.63) is 175 Å². The van der Waals surface area contributed by atoms with Crippen LogP contribution in [0.5, 0.6) is 0 Å². The molecule has 7 rings (SSSR count). The van der Waals surface area contributed by atoms with Crippen molar-refractivity contribution in [1.82, 2.24) is 9.97 Å². The SMILES string of the molecule is c1ccc(-c2ccc3/c(c2)=c2/cccc/c2=c2\ccc(-c4ccccn4)c\c2=c2/cccc/c2=3)nc1. The molecule has 0 aliphatic heterocycles. The zero-order valence-electron chi connectivity index (χ0n) is 19.6. The average Bonchev–Trinajstić information content (AvgIpc) is 2.97. The van der Waals surface area contributed by atoms with Crippen molar-refractivity contribution in [3.8, 4) is 22.5 Å². The fourth-order valence-electron chi connectivity index (χ4n) is 5.30. The third kappa shape index (κ3) is 3.35. The minimum Gasteiger partial charge on any atom is -0.256 e. The Balaban J connectivity index is 1.77. The number of nitrogens with zero attached hydrogens (tertiary/aromatic N) is 2. The molecule has 0 amide bonds. The van der Waals surface area contributed by atoms with Crippen LogP contribution in [0, 0.1) is 41.7 Å².